The predicted octanol–water partition coefficient (Wildman–Crippen LogP) is 5.20. The van der Waals surface area contributed by atoms with Gasteiger partial charge < -0.3 is 15.5 Å². The van der Waals surface area contributed by atoms with E-state index in [4.69, 9.17) is 0 Å². The lowest BCUT2D eigenvalue weighted by Gasteiger charge is -2.26. The van der Waals surface area contributed by atoms with E-state index in [1.807, 2.05) is 24.3 Å². The molecule has 0 unspecified atom stereocenters. The Bertz CT molecular complexity index is 1030. The maximum absolute atomic E-state index is 12.9. The van der Waals surface area contributed by atoms with E-state index in [0.717, 1.165) is 49.0 Å². The fourth-order valence-electron chi connectivity index (χ4n) is 4.03. The Labute approximate surface area is 186 Å². The molecule has 170 valence electrons. The highest BCUT2D eigenvalue weighted by Gasteiger charge is 2.30. The van der Waals surface area contributed by atoms with E-state index in [1.54, 1.807) is 6.07 Å². The molecule has 2 heterocycles. The number of nitrogens with zero attached hydrogens (tertiary/aromatic N) is 3. The van der Waals surface area contributed by atoms with Crippen LogP contribution in [-0.4, -0.2) is 47.6 Å². The highest BCUT2D eigenvalue weighted by molar-refractivity contribution is 5.90. The average molecular weight is 444 g/mol. The zero-order valence-corrected chi connectivity index (χ0v) is 18.0. The maximum Gasteiger partial charge on any atom is 0.416 e. The Morgan fingerprint density at radius 1 is 0.875 bits per heavy atom. The van der Waals surface area contributed by atoms with Gasteiger partial charge in [0, 0.05) is 25.0 Å². The lowest BCUT2D eigenvalue weighted by Crippen LogP contribution is -2.33. The predicted molar refractivity (Wildman–Crippen MR) is 122 cm³/mol. The summed E-state index contributed by atoms with van der Waals surface area (Å²) in [4.78, 5) is 11.7. The zero-order valence-electron chi connectivity index (χ0n) is 18.0. The van der Waals surface area contributed by atoms with Gasteiger partial charge in [-0.3, -0.25) is 0 Å². The molecule has 0 atom stereocenters. The highest BCUT2D eigenvalue weighted by atomic mass is 19.4. The van der Waals surface area contributed by atoms with Gasteiger partial charge in [-0.2, -0.15) is 18.2 Å². The quantitative estimate of drug-likeness (QED) is 0.501. The van der Waals surface area contributed by atoms with Crippen LogP contribution in [0.15, 0.2) is 48.5 Å². The number of anilines is 2. The Morgan fingerprint density at radius 3 is 2.50 bits per heavy atom. The number of nitrogens with one attached hydrogen (secondary N) is 2. The van der Waals surface area contributed by atoms with E-state index >= 15 is 0 Å². The minimum absolute atomic E-state index is 0.437. The summed E-state index contributed by atoms with van der Waals surface area (Å²) < 4.78 is 38.8. The molecule has 1 aliphatic rings. The summed E-state index contributed by atoms with van der Waals surface area (Å²) in [6.07, 6.45) is -0.0553. The minimum Gasteiger partial charge on any atom is -0.368 e. The van der Waals surface area contributed by atoms with Crippen LogP contribution < -0.4 is 10.6 Å². The average Bonchev–Trinajstić information content (AvgIpc) is 2.79. The van der Waals surface area contributed by atoms with E-state index in [2.05, 4.69) is 25.5 Å². The van der Waals surface area contributed by atoms with Gasteiger partial charge in [-0.15, -0.1) is 0 Å². The summed E-state index contributed by atoms with van der Waals surface area (Å²) in [6, 6.07) is 13.2. The fourth-order valence-corrected chi connectivity index (χ4v) is 4.03. The largest absolute Gasteiger partial charge is 0.416 e. The molecular weight excluding hydrogens is 415 g/mol. The Balaban J connectivity index is 1.40. The first-order chi connectivity index (χ1) is 15.5. The number of likely N-dealkylation sites (tertiary alicyclic amines) is 1. The molecule has 1 aromatic heterocycles. The van der Waals surface area contributed by atoms with E-state index < -0.39 is 11.7 Å². The van der Waals surface area contributed by atoms with Crippen LogP contribution in [0.1, 0.15) is 30.4 Å². The van der Waals surface area contributed by atoms with Crippen LogP contribution in [0.3, 0.4) is 0 Å². The van der Waals surface area contributed by atoms with E-state index in [0.29, 0.717) is 24.5 Å². The molecule has 5 nitrogen and oxygen atoms in total. The molecule has 1 aliphatic heterocycles. The van der Waals surface area contributed by atoms with Crippen molar-refractivity contribution >= 4 is 22.7 Å². The molecule has 2 N–H and O–H groups in total. The van der Waals surface area contributed by atoms with Crippen LogP contribution >= 0.6 is 0 Å². The van der Waals surface area contributed by atoms with Crippen LogP contribution in [0.5, 0.6) is 0 Å². The molecule has 1 saturated heterocycles. The normalized spacial score (nSPS) is 15.1. The monoisotopic (exact) mass is 443 g/mol. The van der Waals surface area contributed by atoms with Gasteiger partial charge in [-0.05, 0) is 56.1 Å². The van der Waals surface area contributed by atoms with Gasteiger partial charge in [0.15, 0.2) is 0 Å². The minimum atomic E-state index is -4.33. The van der Waals surface area contributed by atoms with Gasteiger partial charge in [-0.25, -0.2) is 4.98 Å². The topological polar surface area (TPSA) is 53.1 Å². The molecule has 0 bridgehead atoms. The van der Waals surface area contributed by atoms with Gasteiger partial charge in [-0.1, -0.05) is 36.8 Å². The number of rotatable bonds is 8. The van der Waals surface area contributed by atoms with Gasteiger partial charge in [0.2, 0.25) is 5.95 Å². The first-order valence-corrected chi connectivity index (χ1v) is 11.1. The summed E-state index contributed by atoms with van der Waals surface area (Å²) in [5, 5.41) is 7.57. The number of para-hydroxylation sites is 1. The van der Waals surface area contributed by atoms with Gasteiger partial charge in [0.1, 0.15) is 5.82 Å². The first-order valence-electron chi connectivity index (χ1n) is 11.1. The van der Waals surface area contributed by atoms with Gasteiger partial charge >= 0.3 is 6.18 Å². The van der Waals surface area contributed by atoms with Crippen molar-refractivity contribution in [3.63, 3.8) is 0 Å². The summed E-state index contributed by atoms with van der Waals surface area (Å²) in [5.74, 6) is 1.24. The zero-order chi connectivity index (χ0) is 22.4. The lowest BCUT2D eigenvalue weighted by atomic mass is 10.1. The molecule has 8 heteroatoms. The second kappa shape index (κ2) is 10.2. The van der Waals surface area contributed by atoms with Crippen LogP contribution in [-0.2, 0) is 12.6 Å². The van der Waals surface area contributed by atoms with E-state index in [-0.39, 0.29) is 0 Å². The Morgan fingerprint density at radius 2 is 1.69 bits per heavy atom. The SMILES string of the molecule is FC(F)(F)c1cccc(CCNc2nc(NCCN3CCCCC3)c3ccccc3n2)c1. The third-order valence-electron chi connectivity index (χ3n) is 5.72. The molecule has 0 aliphatic carbocycles. The second-order valence-electron chi connectivity index (χ2n) is 8.12. The van der Waals surface area contributed by atoms with Crippen molar-refractivity contribution in [3.8, 4) is 0 Å². The number of piperidine rings is 1. The number of alkyl halides is 3. The second-order valence-corrected chi connectivity index (χ2v) is 8.12. The van der Waals surface area contributed by atoms with Crippen LogP contribution in [0, 0.1) is 0 Å². The van der Waals surface area contributed by atoms with Crippen molar-refractivity contribution in [1.82, 2.24) is 14.9 Å². The van der Waals surface area contributed by atoms with Crippen molar-refractivity contribution in [2.24, 2.45) is 0 Å². The molecule has 0 amide bonds. The number of benzene rings is 2. The molecule has 4 rings (SSSR count). The third-order valence-corrected chi connectivity index (χ3v) is 5.72. The molecule has 32 heavy (non-hydrogen) atoms. The Hall–Kier alpha value is -2.87. The molecule has 3 aromatic rings. The van der Waals surface area contributed by atoms with E-state index in [1.165, 1.54) is 31.4 Å². The number of fused-ring (bicyclic) bond motifs is 1. The van der Waals surface area contributed by atoms with Crippen molar-refractivity contribution < 1.29 is 13.2 Å². The van der Waals surface area contributed by atoms with Crippen LogP contribution in [0.25, 0.3) is 10.9 Å². The van der Waals surface area contributed by atoms with Crippen molar-refractivity contribution in [3.05, 3.63) is 59.7 Å². The van der Waals surface area contributed by atoms with Gasteiger partial charge in [0.25, 0.3) is 0 Å². The smallest absolute Gasteiger partial charge is 0.368 e. The standard InChI is InChI=1S/C24H28F3N5/c25-24(26,27)19-8-6-7-18(17-19)11-12-29-23-30-21-10-3-2-9-20(21)22(31-23)28-13-16-32-14-4-1-5-15-32/h2-3,6-10,17H,1,4-5,11-16H2,(H2,28,29,30,31). The highest BCUT2D eigenvalue weighted by Crippen LogP contribution is 2.29. The molecule has 1 fully saturated rings. The number of hydrogen-bond acceptors (Lipinski definition) is 5. The van der Waals surface area contributed by atoms with Crippen molar-refractivity contribution in [1.29, 1.82) is 0 Å². The molecule has 2 aromatic carbocycles. The summed E-state index contributed by atoms with van der Waals surface area (Å²) in [6.45, 7) is 4.50. The molecule has 0 saturated carbocycles. The summed E-state index contributed by atoms with van der Waals surface area (Å²) in [5.41, 5.74) is 0.815. The number of aromatic nitrogens is 2. The van der Waals surface area contributed by atoms with Crippen molar-refractivity contribution in [2.45, 2.75) is 31.9 Å². The fraction of sp³-hybridized carbons (Fsp3) is 0.417. The number of halogens is 3. The lowest BCUT2D eigenvalue weighted by molar-refractivity contribution is -0.137. The van der Waals surface area contributed by atoms with E-state index in [9.17, 15) is 13.2 Å². The summed E-state index contributed by atoms with van der Waals surface area (Å²) in [7, 11) is 0. The maximum atomic E-state index is 12.9. The van der Waals surface area contributed by atoms with Crippen molar-refractivity contribution in [2.75, 3.05) is 43.4 Å². The molecule has 0 spiro atoms. The first kappa shape index (κ1) is 22.3. The molecule has 0 radical (unpaired) electrons. The van der Waals surface area contributed by atoms with Crippen LogP contribution in [0.4, 0.5) is 24.9 Å². The van der Waals surface area contributed by atoms with Crippen LogP contribution in [0.2, 0.25) is 0 Å². The third kappa shape index (κ3) is 5.88. The number of hydrogen-bond donors (Lipinski definition) is 2. The molecular formula is C24H28F3N5. The Kier molecular flexibility index (Phi) is 7.09. The summed E-state index contributed by atoms with van der Waals surface area (Å²) >= 11 is 0. The van der Waals surface area contributed by atoms with Gasteiger partial charge in [0.05, 0.1) is 11.1 Å².